The lowest BCUT2D eigenvalue weighted by atomic mass is 9.89. The number of anilines is 1. The van der Waals surface area contributed by atoms with E-state index in [9.17, 15) is 4.79 Å². The average Bonchev–Trinajstić information content (AvgIpc) is 3.06. The topological polar surface area (TPSA) is 80.2 Å². The third-order valence-electron chi connectivity index (χ3n) is 4.90. The number of hydrogen-bond acceptors (Lipinski definition) is 6. The van der Waals surface area contributed by atoms with Crippen molar-refractivity contribution in [2.24, 2.45) is 0 Å². The van der Waals surface area contributed by atoms with Gasteiger partial charge in [-0.05, 0) is 37.5 Å². The standard InChI is InChI=1S/C18H21N5O2/c24-16(14-3-1-6-19-12-14)22-15-4-10-25-18(11-15)5-9-23(13-18)17-20-7-2-8-21-17/h1-3,6-8,12,15H,4-5,9-11,13H2,(H,22,24)/t15-,18-/m1/s1. The van der Waals surface area contributed by atoms with E-state index in [1.54, 1.807) is 36.9 Å². The highest BCUT2D eigenvalue weighted by molar-refractivity contribution is 5.94. The predicted molar refractivity (Wildman–Crippen MR) is 92.3 cm³/mol. The number of ether oxygens (including phenoxy) is 1. The Morgan fingerprint density at radius 3 is 2.96 bits per heavy atom. The van der Waals surface area contributed by atoms with E-state index < -0.39 is 0 Å². The van der Waals surface area contributed by atoms with Gasteiger partial charge in [-0.1, -0.05) is 0 Å². The van der Waals surface area contributed by atoms with Crippen LogP contribution in [0.15, 0.2) is 43.0 Å². The number of rotatable bonds is 3. The smallest absolute Gasteiger partial charge is 0.253 e. The van der Waals surface area contributed by atoms with Gasteiger partial charge >= 0.3 is 0 Å². The summed E-state index contributed by atoms with van der Waals surface area (Å²) < 4.78 is 6.13. The van der Waals surface area contributed by atoms with Crippen LogP contribution in [0.2, 0.25) is 0 Å². The highest BCUT2D eigenvalue weighted by Gasteiger charge is 2.44. The second kappa shape index (κ2) is 6.76. The summed E-state index contributed by atoms with van der Waals surface area (Å²) in [5, 5.41) is 3.13. The zero-order valence-electron chi connectivity index (χ0n) is 14.0. The lowest BCUT2D eigenvalue weighted by Gasteiger charge is -2.38. The zero-order valence-corrected chi connectivity index (χ0v) is 14.0. The van der Waals surface area contributed by atoms with E-state index in [0.29, 0.717) is 12.2 Å². The van der Waals surface area contributed by atoms with Gasteiger partial charge in [-0.3, -0.25) is 9.78 Å². The number of amides is 1. The molecule has 0 bridgehead atoms. The molecule has 2 saturated heterocycles. The molecule has 0 radical (unpaired) electrons. The quantitative estimate of drug-likeness (QED) is 0.911. The highest BCUT2D eigenvalue weighted by Crippen LogP contribution is 2.35. The van der Waals surface area contributed by atoms with Crippen molar-refractivity contribution >= 4 is 11.9 Å². The number of nitrogens with zero attached hydrogens (tertiary/aromatic N) is 4. The summed E-state index contributed by atoms with van der Waals surface area (Å²) in [6.45, 7) is 2.28. The fraction of sp³-hybridized carbons (Fsp3) is 0.444. The molecule has 0 saturated carbocycles. The molecule has 7 nitrogen and oxygen atoms in total. The second-order valence-electron chi connectivity index (χ2n) is 6.66. The zero-order chi connectivity index (χ0) is 17.1. The van der Waals surface area contributed by atoms with E-state index in [2.05, 4.69) is 25.2 Å². The Hall–Kier alpha value is -2.54. The second-order valence-corrected chi connectivity index (χ2v) is 6.66. The Morgan fingerprint density at radius 2 is 2.16 bits per heavy atom. The van der Waals surface area contributed by atoms with Gasteiger partial charge in [0.15, 0.2) is 0 Å². The maximum absolute atomic E-state index is 12.4. The summed E-state index contributed by atoms with van der Waals surface area (Å²) in [5.74, 6) is 0.667. The first-order valence-corrected chi connectivity index (χ1v) is 8.61. The van der Waals surface area contributed by atoms with Gasteiger partial charge in [-0.25, -0.2) is 9.97 Å². The summed E-state index contributed by atoms with van der Waals surface area (Å²) >= 11 is 0. The van der Waals surface area contributed by atoms with E-state index in [1.807, 2.05) is 6.07 Å². The average molecular weight is 339 g/mol. The van der Waals surface area contributed by atoms with Crippen molar-refractivity contribution in [3.05, 3.63) is 48.5 Å². The third kappa shape index (κ3) is 3.46. The molecule has 2 fully saturated rings. The van der Waals surface area contributed by atoms with Crippen LogP contribution in [-0.2, 0) is 4.74 Å². The normalized spacial score (nSPS) is 25.9. The molecule has 0 aromatic carbocycles. The van der Waals surface area contributed by atoms with Gasteiger partial charge in [0.1, 0.15) is 0 Å². The maximum Gasteiger partial charge on any atom is 0.253 e. The van der Waals surface area contributed by atoms with Crippen molar-refractivity contribution in [3.63, 3.8) is 0 Å². The van der Waals surface area contributed by atoms with Crippen LogP contribution in [0.5, 0.6) is 0 Å². The third-order valence-corrected chi connectivity index (χ3v) is 4.90. The molecule has 4 heterocycles. The van der Waals surface area contributed by atoms with Gasteiger partial charge in [-0.15, -0.1) is 0 Å². The molecule has 25 heavy (non-hydrogen) atoms. The minimum Gasteiger partial charge on any atom is -0.373 e. The first-order valence-electron chi connectivity index (χ1n) is 8.61. The van der Waals surface area contributed by atoms with Crippen molar-refractivity contribution in [2.75, 3.05) is 24.6 Å². The van der Waals surface area contributed by atoms with Crippen molar-refractivity contribution in [1.29, 1.82) is 0 Å². The van der Waals surface area contributed by atoms with Crippen molar-refractivity contribution in [1.82, 2.24) is 20.3 Å². The van der Waals surface area contributed by atoms with Crippen LogP contribution < -0.4 is 10.2 Å². The maximum atomic E-state index is 12.4. The van der Waals surface area contributed by atoms with Crippen LogP contribution in [0.4, 0.5) is 5.95 Å². The molecule has 1 N–H and O–H groups in total. The molecule has 4 rings (SSSR count). The number of pyridine rings is 1. The van der Waals surface area contributed by atoms with Crippen molar-refractivity contribution in [3.8, 4) is 0 Å². The first-order chi connectivity index (χ1) is 12.2. The Balaban J connectivity index is 1.40. The Labute approximate surface area is 146 Å². The molecule has 7 heteroatoms. The summed E-state index contributed by atoms with van der Waals surface area (Å²) in [5.41, 5.74) is 0.360. The number of carbonyl (C=O) groups is 1. The number of hydrogen-bond donors (Lipinski definition) is 1. The van der Waals surface area contributed by atoms with Crippen LogP contribution in [0.3, 0.4) is 0 Å². The largest absolute Gasteiger partial charge is 0.373 e. The molecule has 0 aliphatic carbocycles. The molecule has 2 aromatic heterocycles. The van der Waals surface area contributed by atoms with Crippen molar-refractivity contribution in [2.45, 2.75) is 30.9 Å². The van der Waals surface area contributed by atoms with E-state index >= 15 is 0 Å². The van der Waals surface area contributed by atoms with Crippen LogP contribution in [-0.4, -0.2) is 52.2 Å². The minimum atomic E-state index is -0.232. The fourth-order valence-corrected chi connectivity index (χ4v) is 3.67. The molecular formula is C18H21N5O2. The number of carbonyl (C=O) groups excluding carboxylic acids is 1. The molecule has 2 aliphatic heterocycles. The van der Waals surface area contributed by atoms with Crippen molar-refractivity contribution < 1.29 is 9.53 Å². The van der Waals surface area contributed by atoms with Crippen LogP contribution in [0.1, 0.15) is 29.6 Å². The van der Waals surface area contributed by atoms with Gasteiger partial charge in [0.2, 0.25) is 5.95 Å². The van der Waals surface area contributed by atoms with E-state index in [1.165, 1.54) is 0 Å². The summed E-state index contributed by atoms with van der Waals surface area (Å²) in [6, 6.07) is 5.48. The Morgan fingerprint density at radius 1 is 1.28 bits per heavy atom. The lowest BCUT2D eigenvalue weighted by molar-refractivity contribution is -0.0721. The molecule has 2 aromatic rings. The molecule has 1 amide bonds. The molecule has 2 aliphatic rings. The summed E-state index contributed by atoms with van der Waals surface area (Å²) in [6.07, 6.45) is 9.33. The van der Waals surface area contributed by atoms with E-state index in [-0.39, 0.29) is 17.6 Å². The molecular weight excluding hydrogens is 318 g/mol. The lowest BCUT2D eigenvalue weighted by Crippen LogP contribution is -2.50. The molecule has 0 unspecified atom stereocenters. The number of aromatic nitrogens is 3. The highest BCUT2D eigenvalue weighted by atomic mass is 16.5. The Kier molecular flexibility index (Phi) is 4.31. The summed E-state index contributed by atoms with van der Waals surface area (Å²) in [7, 11) is 0. The van der Waals surface area contributed by atoms with Gasteiger partial charge in [0.25, 0.3) is 5.91 Å². The Bertz CT molecular complexity index is 727. The van der Waals surface area contributed by atoms with Crippen LogP contribution in [0.25, 0.3) is 0 Å². The fourth-order valence-electron chi connectivity index (χ4n) is 3.67. The van der Waals surface area contributed by atoms with Gasteiger partial charge in [0, 0.05) is 44.0 Å². The molecule has 2 atom stereocenters. The van der Waals surface area contributed by atoms with E-state index in [4.69, 9.17) is 4.74 Å². The minimum absolute atomic E-state index is 0.0728. The monoisotopic (exact) mass is 339 g/mol. The number of nitrogens with one attached hydrogen (secondary N) is 1. The van der Waals surface area contributed by atoms with Gasteiger partial charge < -0.3 is 15.0 Å². The van der Waals surface area contributed by atoms with Gasteiger partial charge in [-0.2, -0.15) is 0 Å². The molecule has 130 valence electrons. The van der Waals surface area contributed by atoms with Crippen LogP contribution in [0, 0.1) is 0 Å². The van der Waals surface area contributed by atoms with E-state index in [0.717, 1.165) is 38.3 Å². The summed E-state index contributed by atoms with van der Waals surface area (Å²) in [4.78, 5) is 27.2. The SMILES string of the molecule is O=C(N[C@@H]1CCO[C@]2(CCN(c3ncccn3)C2)C1)c1cccnc1. The molecule has 1 spiro atoms. The first kappa shape index (κ1) is 16.0. The van der Waals surface area contributed by atoms with Gasteiger partial charge in [0.05, 0.1) is 17.7 Å². The predicted octanol–water partition coefficient (Wildman–Crippen LogP) is 1.43. The van der Waals surface area contributed by atoms with Crippen LogP contribution >= 0.6 is 0 Å².